The summed E-state index contributed by atoms with van der Waals surface area (Å²) in [6, 6.07) is 10.6. The van der Waals surface area contributed by atoms with Crippen LogP contribution in [-0.4, -0.2) is 16.9 Å². The monoisotopic (exact) mass is 307 g/mol. The quantitative estimate of drug-likeness (QED) is 0.822. The van der Waals surface area contributed by atoms with Crippen LogP contribution in [0.5, 0.6) is 5.75 Å². The predicted octanol–water partition coefficient (Wildman–Crippen LogP) is 3.96. The summed E-state index contributed by atoms with van der Waals surface area (Å²) in [6.07, 6.45) is 1.67. The highest BCUT2D eigenvalue weighted by molar-refractivity contribution is 6.17. The fourth-order valence-electron chi connectivity index (χ4n) is 1.96. The van der Waals surface area contributed by atoms with Gasteiger partial charge in [0.25, 0.3) is 5.91 Å². The highest BCUT2D eigenvalue weighted by Gasteiger charge is 2.12. The van der Waals surface area contributed by atoms with Gasteiger partial charge in [-0.05, 0) is 48.7 Å². The molecule has 1 amide bonds. The summed E-state index contributed by atoms with van der Waals surface area (Å²) >= 11 is 5.65. The Morgan fingerprint density at radius 2 is 2.05 bits per heavy atom. The number of carbonyl (C=O) groups is 1. The van der Waals surface area contributed by atoms with Gasteiger partial charge in [-0.1, -0.05) is 12.1 Å². The Labute approximate surface area is 127 Å². The van der Waals surface area contributed by atoms with Crippen molar-refractivity contribution in [2.45, 2.75) is 12.8 Å². The number of hydrogen-bond donors (Lipinski definition) is 2. The number of alkyl halides is 1. The van der Waals surface area contributed by atoms with Gasteiger partial charge in [0.05, 0.1) is 5.56 Å². The van der Waals surface area contributed by atoms with E-state index in [4.69, 9.17) is 11.6 Å². The first-order valence-electron chi connectivity index (χ1n) is 6.55. The number of nitrogens with one attached hydrogen (secondary N) is 1. The zero-order valence-corrected chi connectivity index (χ0v) is 12.0. The van der Waals surface area contributed by atoms with Crippen molar-refractivity contribution in [1.82, 2.24) is 0 Å². The van der Waals surface area contributed by atoms with E-state index in [2.05, 4.69) is 5.32 Å². The van der Waals surface area contributed by atoms with E-state index < -0.39 is 11.7 Å². The second-order valence-electron chi connectivity index (χ2n) is 4.61. The summed E-state index contributed by atoms with van der Waals surface area (Å²) in [7, 11) is 0. The van der Waals surface area contributed by atoms with Crippen LogP contribution < -0.4 is 5.32 Å². The van der Waals surface area contributed by atoms with Crippen molar-refractivity contribution in [3.8, 4) is 5.75 Å². The third kappa shape index (κ3) is 4.20. The van der Waals surface area contributed by atoms with Gasteiger partial charge in [0, 0.05) is 11.6 Å². The van der Waals surface area contributed by atoms with E-state index in [9.17, 15) is 14.3 Å². The second kappa shape index (κ2) is 7.09. The number of carbonyl (C=O) groups excluding carboxylic acids is 1. The first-order chi connectivity index (χ1) is 10.1. The average Bonchev–Trinajstić information content (AvgIpc) is 2.48. The van der Waals surface area contributed by atoms with Crippen LogP contribution in [0.25, 0.3) is 0 Å². The lowest BCUT2D eigenvalue weighted by molar-refractivity contribution is 0.102. The molecule has 0 aliphatic heterocycles. The van der Waals surface area contributed by atoms with E-state index in [1.165, 1.54) is 0 Å². The molecule has 0 aliphatic carbocycles. The minimum absolute atomic E-state index is 0.0961. The largest absolute Gasteiger partial charge is 0.507 e. The van der Waals surface area contributed by atoms with Crippen molar-refractivity contribution in [3.63, 3.8) is 0 Å². The van der Waals surface area contributed by atoms with Crippen molar-refractivity contribution in [2.75, 3.05) is 11.2 Å². The van der Waals surface area contributed by atoms with Gasteiger partial charge in [0.1, 0.15) is 11.6 Å². The molecule has 0 bridgehead atoms. The number of aromatic hydroxyl groups is 1. The number of phenolic OH excluding ortho intramolecular Hbond substituents is 1. The number of amides is 1. The topological polar surface area (TPSA) is 49.3 Å². The van der Waals surface area contributed by atoms with Gasteiger partial charge in [-0.25, -0.2) is 4.39 Å². The molecule has 5 heteroatoms. The number of benzene rings is 2. The summed E-state index contributed by atoms with van der Waals surface area (Å²) in [6.45, 7) is 0. The molecule has 0 saturated carbocycles. The summed E-state index contributed by atoms with van der Waals surface area (Å²) in [5.41, 5.74) is 1.55. The van der Waals surface area contributed by atoms with Crippen molar-refractivity contribution in [2.24, 2.45) is 0 Å². The minimum atomic E-state index is -0.575. The fourth-order valence-corrected chi connectivity index (χ4v) is 2.10. The van der Waals surface area contributed by atoms with E-state index in [1.807, 2.05) is 18.2 Å². The molecule has 110 valence electrons. The first kappa shape index (κ1) is 15.3. The Morgan fingerprint density at radius 1 is 1.24 bits per heavy atom. The second-order valence-corrected chi connectivity index (χ2v) is 4.99. The zero-order chi connectivity index (χ0) is 15.2. The van der Waals surface area contributed by atoms with Gasteiger partial charge in [0.15, 0.2) is 0 Å². The normalized spacial score (nSPS) is 10.4. The Bertz CT molecular complexity index is 646. The molecule has 0 heterocycles. The molecule has 0 atom stereocenters. The first-order valence-corrected chi connectivity index (χ1v) is 7.08. The maximum Gasteiger partial charge on any atom is 0.259 e. The van der Waals surface area contributed by atoms with Gasteiger partial charge in [-0.3, -0.25) is 4.79 Å². The van der Waals surface area contributed by atoms with E-state index in [-0.39, 0.29) is 11.3 Å². The molecular formula is C16H15ClFNO2. The molecule has 2 N–H and O–H groups in total. The molecular weight excluding hydrogens is 293 g/mol. The molecule has 21 heavy (non-hydrogen) atoms. The number of hydrogen-bond acceptors (Lipinski definition) is 2. The maximum absolute atomic E-state index is 13.1. The van der Waals surface area contributed by atoms with Gasteiger partial charge >= 0.3 is 0 Å². The molecule has 0 radical (unpaired) electrons. The van der Waals surface area contributed by atoms with Gasteiger partial charge in [-0.15, -0.1) is 11.6 Å². The van der Waals surface area contributed by atoms with E-state index in [1.54, 1.807) is 6.07 Å². The van der Waals surface area contributed by atoms with Crippen molar-refractivity contribution in [3.05, 3.63) is 59.4 Å². The molecule has 0 fully saturated rings. The van der Waals surface area contributed by atoms with Crippen LogP contribution in [0, 0.1) is 5.82 Å². The smallest absolute Gasteiger partial charge is 0.259 e. The zero-order valence-electron chi connectivity index (χ0n) is 11.3. The lowest BCUT2D eigenvalue weighted by atomic mass is 10.1. The van der Waals surface area contributed by atoms with E-state index >= 15 is 0 Å². The SMILES string of the molecule is O=C(Nc1cccc(CCCCl)c1)c1cc(F)ccc1O. The summed E-state index contributed by atoms with van der Waals surface area (Å²) in [5, 5.41) is 12.3. The molecule has 3 nitrogen and oxygen atoms in total. The number of halogens is 2. The molecule has 0 saturated heterocycles. The summed E-state index contributed by atoms with van der Waals surface area (Å²) in [5.74, 6) is -0.809. The van der Waals surface area contributed by atoms with E-state index in [0.29, 0.717) is 11.6 Å². The predicted molar refractivity (Wildman–Crippen MR) is 81.5 cm³/mol. The maximum atomic E-state index is 13.1. The molecule has 2 aromatic rings. The van der Waals surface area contributed by atoms with Crippen LogP contribution in [0.15, 0.2) is 42.5 Å². The molecule has 0 aliphatic rings. The lowest BCUT2D eigenvalue weighted by Crippen LogP contribution is -2.12. The molecule has 0 aromatic heterocycles. The molecule has 0 spiro atoms. The van der Waals surface area contributed by atoms with Crippen molar-refractivity contribution >= 4 is 23.2 Å². The van der Waals surface area contributed by atoms with Crippen LogP contribution in [-0.2, 0) is 6.42 Å². The van der Waals surface area contributed by atoms with Crippen LogP contribution in [0.2, 0.25) is 0 Å². The number of phenols is 1. The number of aryl methyl sites for hydroxylation is 1. The van der Waals surface area contributed by atoms with Crippen LogP contribution in [0.4, 0.5) is 10.1 Å². The molecule has 2 rings (SSSR count). The van der Waals surface area contributed by atoms with Crippen molar-refractivity contribution < 1.29 is 14.3 Å². The van der Waals surface area contributed by atoms with Gasteiger partial charge < -0.3 is 10.4 Å². The number of rotatable bonds is 5. The third-order valence-electron chi connectivity index (χ3n) is 2.99. The Balaban J connectivity index is 2.14. The molecule has 2 aromatic carbocycles. The molecule has 0 unspecified atom stereocenters. The highest BCUT2D eigenvalue weighted by Crippen LogP contribution is 2.20. The number of anilines is 1. The van der Waals surface area contributed by atoms with E-state index in [0.717, 1.165) is 36.6 Å². The van der Waals surface area contributed by atoms with Gasteiger partial charge in [-0.2, -0.15) is 0 Å². The highest BCUT2D eigenvalue weighted by atomic mass is 35.5. The lowest BCUT2D eigenvalue weighted by Gasteiger charge is -2.08. The fraction of sp³-hybridized carbons (Fsp3) is 0.188. The van der Waals surface area contributed by atoms with Crippen LogP contribution >= 0.6 is 11.6 Å². The Morgan fingerprint density at radius 3 is 2.81 bits per heavy atom. The third-order valence-corrected chi connectivity index (χ3v) is 3.25. The van der Waals surface area contributed by atoms with Crippen LogP contribution in [0.3, 0.4) is 0 Å². The summed E-state index contributed by atoms with van der Waals surface area (Å²) in [4.78, 5) is 12.1. The minimum Gasteiger partial charge on any atom is -0.507 e. The van der Waals surface area contributed by atoms with Crippen LogP contribution in [0.1, 0.15) is 22.3 Å². The Hall–Kier alpha value is -2.07. The summed E-state index contributed by atoms with van der Waals surface area (Å²) < 4.78 is 13.1. The standard InChI is InChI=1S/C16H15ClFNO2/c17-8-2-4-11-3-1-5-13(9-11)19-16(21)14-10-12(18)6-7-15(14)20/h1,3,5-7,9-10,20H,2,4,8H2,(H,19,21). The van der Waals surface area contributed by atoms with Gasteiger partial charge in [0.2, 0.25) is 0 Å². The Kier molecular flexibility index (Phi) is 5.17. The average molecular weight is 308 g/mol. The van der Waals surface area contributed by atoms with Crippen molar-refractivity contribution in [1.29, 1.82) is 0 Å².